The molecular formula is C25H31N5O7S2. The topological polar surface area (TPSA) is 158 Å². The van der Waals surface area contributed by atoms with Gasteiger partial charge >= 0.3 is 12.1 Å². The third-order valence-electron chi connectivity index (χ3n) is 6.56. The fourth-order valence-electron chi connectivity index (χ4n) is 4.41. The first kappa shape index (κ1) is 28.8. The van der Waals surface area contributed by atoms with Gasteiger partial charge in [-0.15, -0.1) is 11.8 Å². The Labute approximate surface area is 231 Å². The van der Waals surface area contributed by atoms with E-state index in [0.717, 1.165) is 4.31 Å². The zero-order valence-electron chi connectivity index (χ0n) is 21.6. The van der Waals surface area contributed by atoms with Gasteiger partial charge in [-0.1, -0.05) is 12.1 Å². The molecule has 39 heavy (non-hydrogen) atoms. The summed E-state index contributed by atoms with van der Waals surface area (Å²) in [6.45, 7) is 5.98. The molecule has 12 nitrogen and oxygen atoms in total. The molecule has 3 heterocycles. The number of nitrogens with one attached hydrogen (secondary N) is 2. The van der Waals surface area contributed by atoms with Gasteiger partial charge in [0, 0.05) is 49.7 Å². The minimum Gasteiger partial charge on any atom is -0.480 e. The summed E-state index contributed by atoms with van der Waals surface area (Å²) in [6.07, 6.45) is 2.16. The maximum Gasteiger partial charge on any atom is 0.415 e. The van der Waals surface area contributed by atoms with Gasteiger partial charge in [0.2, 0.25) is 15.9 Å². The van der Waals surface area contributed by atoms with Crippen LogP contribution < -0.4 is 15.4 Å². The highest BCUT2D eigenvalue weighted by atomic mass is 32.2. The minimum absolute atomic E-state index is 0.0359. The Morgan fingerprint density at radius 1 is 1.21 bits per heavy atom. The summed E-state index contributed by atoms with van der Waals surface area (Å²) >= 11 is 1.29. The van der Waals surface area contributed by atoms with E-state index in [2.05, 4.69) is 15.6 Å². The number of pyridine rings is 1. The number of carbonyl (C=O) groups is 3. The number of carboxylic acids is 1. The van der Waals surface area contributed by atoms with Crippen molar-refractivity contribution in [1.82, 2.24) is 24.8 Å². The molecule has 3 N–H and O–H groups in total. The van der Waals surface area contributed by atoms with Gasteiger partial charge in [-0.2, -0.15) is 4.31 Å². The van der Waals surface area contributed by atoms with Gasteiger partial charge in [0.15, 0.2) is 0 Å². The van der Waals surface area contributed by atoms with Gasteiger partial charge in [-0.3, -0.25) is 9.78 Å². The second-order valence-corrected chi connectivity index (χ2v) is 13.2. The normalized spacial score (nSPS) is 20.3. The standard InChI is InChI=1S/C25H31N5O7S2/c1-25(2)21(30(16-38-25)39(35,36)19-4-3-9-27-15-19)22(31)28-20(23(32)33)14-17-5-7-18(8-6-17)37-24(34)29-12-10-26-11-13-29/h3-9,15,20-21,26H,10-14,16H2,1-2H3,(H,28,31)(H,32,33)/t20-,21+/m0/s1. The molecule has 14 heteroatoms. The highest BCUT2D eigenvalue weighted by Crippen LogP contribution is 2.42. The average Bonchev–Trinajstić information content (AvgIpc) is 3.25. The summed E-state index contributed by atoms with van der Waals surface area (Å²) in [5.41, 5.74) is 0.588. The van der Waals surface area contributed by atoms with E-state index in [1.54, 1.807) is 43.0 Å². The van der Waals surface area contributed by atoms with Crippen LogP contribution in [0, 0.1) is 0 Å². The van der Waals surface area contributed by atoms with Gasteiger partial charge in [0.25, 0.3) is 0 Å². The van der Waals surface area contributed by atoms with E-state index in [0.29, 0.717) is 37.5 Å². The zero-order valence-corrected chi connectivity index (χ0v) is 23.2. The largest absolute Gasteiger partial charge is 0.480 e. The van der Waals surface area contributed by atoms with Gasteiger partial charge in [0.1, 0.15) is 22.7 Å². The van der Waals surface area contributed by atoms with Gasteiger partial charge in [-0.05, 0) is 43.7 Å². The summed E-state index contributed by atoms with van der Waals surface area (Å²) in [7, 11) is -4.05. The Morgan fingerprint density at radius 3 is 2.51 bits per heavy atom. The number of carboxylic acid groups (broad SMARTS) is 1. The number of hydrogen-bond acceptors (Lipinski definition) is 9. The van der Waals surface area contributed by atoms with Crippen LogP contribution in [-0.2, 0) is 26.0 Å². The van der Waals surface area contributed by atoms with Gasteiger partial charge < -0.3 is 25.4 Å². The highest BCUT2D eigenvalue weighted by Gasteiger charge is 2.51. The number of nitrogens with zero attached hydrogens (tertiary/aromatic N) is 3. The first-order valence-corrected chi connectivity index (χ1v) is 14.8. The van der Waals surface area contributed by atoms with Crippen LogP contribution in [0.2, 0.25) is 0 Å². The lowest BCUT2D eigenvalue weighted by Gasteiger charge is -2.30. The van der Waals surface area contributed by atoms with E-state index in [4.69, 9.17) is 4.74 Å². The van der Waals surface area contributed by atoms with Crippen LogP contribution in [0.4, 0.5) is 4.79 Å². The number of hydrogen-bond donors (Lipinski definition) is 3. The second-order valence-electron chi connectivity index (χ2n) is 9.71. The second kappa shape index (κ2) is 11.9. The van der Waals surface area contributed by atoms with E-state index >= 15 is 0 Å². The number of amides is 2. The smallest absolute Gasteiger partial charge is 0.415 e. The molecule has 2 fully saturated rings. The molecule has 0 saturated carbocycles. The molecule has 4 rings (SSSR count). The van der Waals surface area contributed by atoms with Crippen molar-refractivity contribution in [1.29, 1.82) is 0 Å². The molecular weight excluding hydrogens is 546 g/mol. The molecule has 2 atom stereocenters. The molecule has 0 spiro atoms. The molecule has 210 valence electrons. The average molecular weight is 578 g/mol. The SMILES string of the molecule is CC1(C)SCN(S(=O)(=O)c2cccnc2)[C@@H]1C(=O)N[C@@H](Cc1ccc(OC(=O)N2CCNCC2)cc1)C(=O)O. The number of piperazine rings is 1. The summed E-state index contributed by atoms with van der Waals surface area (Å²) in [4.78, 5) is 43.2. The van der Waals surface area contributed by atoms with Gasteiger partial charge in [0.05, 0.1) is 5.88 Å². The highest BCUT2D eigenvalue weighted by molar-refractivity contribution is 8.02. The van der Waals surface area contributed by atoms with Crippen LogP contribution in [0.15, 0.2) is 53.7 Å². The zero-order chi connectivity index (χ0) is 28.2. The Hall–Kier alpha value is -3.20. The number of carbonyl (C=O) groups excluding carboxylic acids is 2. The monoisotopic (exact) mass is 577 g/mol. The van der Waals surface area contributed by atoms with Crippen LogP contribution in [0.5, 0.6) is 5.75 Å². The van der Waals surface area contributed by atoms with E-state index < -0.39 is 44.8 Å². The van der Waals surface area contributed by atoms with E-state index in [1.165, 1.54) is 36.3 Å². The van der Waals surface area contributed by atoms with Crippen molar-refractivity contribution in [3.05, 3.63) is 54.4 Å². The molecule has 2 aromatic rings. The van der Waals surface area contributed by atoms with Crippen LogP contribution in [0.3, 0.4) is 0 Å². The van der Waals surface area contributed by atoms with E-state index in [9.17, 15) is 27.9 Å². The number of ether oxygens (including phenoxy) is 1. The molecule has 0 aliphatic carbocycles. The van der Waals surface area contributed by atoms with Crippen molar-refractivity contribution in [3.8, 4) is 5.75 Å². The summed E-state index contributed by atoms with van der Waals surface area (Å²) < 4.78 is 32.3. The number of sulfonamides is 1. The van der Waals surface area contributed by atoms with Crippen molar-refractivity contribution < 1.29 is 32.6 Å². The Kier molecular flexibility index (Phi) is 8.79. The van der Waals surface area contributed by atoms with Crippen LogP contribution >= 0.6 is 11.8 Å². The summed E-state index contributed by atoms with van der Waals surface area (Å²) in [5.74, 6) is -1.61. The lowest BCUT2D eigenvalue weighted by atomic mass is 10.0. The number of benzene rings is 1. The number of aromatic nitrogens is 1. The lowest BCUT2D eigenvalue weighted by Crippen LogP contribution is -2.56. The Bertz CT molecular complexity index is 1300. The summed E-state index contributed by atoms with van der Waals surface area (Å²) in [6, 6.07) is 6.82. The predicted octanol–water partition coefficient (Wildman–Crippen LogP) is 1.14. The fourth-order valence-corrected chi connectivity index (χ4v) is 7.55. The molecule has 1 aromatic heterocycles. The minimum atomic E-state index is -4.05. The van der Waals surface area contributed by atoms with Crippen LogP contribution in [0.1, 0.15) is 19.4 Å². The van der Waals surface area contributed by atoms with Crippen molar-refractivity contribution in [2.75, 3.05) is 32.1 Å². The molecule has 0 radical (unpaired) electrons. The molecule has 0 bridgehead atoms. The first-order valence-electron chi connectivity index (χ1n) is 12.3. The fraction of sp³-hybridized carbons (Fsp3) is 0.440. The first-order chi connectivity index (χ1) is 18.5. The molecule has 2 aliphatic rings. The van der Waals surface area contributed by atoms with Gasteiger partial charge in [-0.25, -0.2) is 18.0 Å². The van der Waals surface area contributed by atoms with Crippen molar-refractivity contribution in [2.45, 2.75) is 42.0 Å². The molecule has 2 saturated heterocycles. The quantitative estimate of drug-likeness (QED) is 0.415. The number of rotatable bonds is 8. The molecule has 2 aliphatic heterocycles. The predicted molar refractivity (Wildman–Crippen MR) is 144 cm³/mol. The third kappa shape index (κ3) is 6.69. The van der Waals surface area contributed by atoms with Crippen LogP contribution in [0.25, 0.3) is 0 Å². The van der Waals surface area contributed by atoms with Crippen molar-refractivity contribution in [2.24, 2.45) is 0 Å². The lowest BCUT2D eigenvalue weighted by molar-refractivity contribution is -0.142. The molecule has 1 aromatic carbocycles. The third-order valence-corrected chi connectivity index (χ3v) is 9.89. The maximum atomic E-state index is 13.4. The molecule has 2 amide bonds. The van der Waals surface area contributed by atoms with Crippen molar-refractivity contribution >= 4 is 39.8 Å². The van der Waals surface area contributed by atoms with E-state index in [1.807, 2.05) is 0 Å². The molecule has 0 unspecified atom stereocenters. The van der Waals surface area contributed by atoms with Crippen LogP contribution in [-0.4, -0.2) is 94.6 Å². The Morgan fingerprint density at radius 2 is 1.90 bits per heavy atom. The Balaban J connectivity index is 1.44. The number of aliphatic carboxylic acids is 1. The number of thioether (sulfide) groups is 1. The van der Waals surface area contributed by atoms with Crippen molar-refractivity contribution in [3.63, 3.8) is 0 Å². The summed E-state index contributed by atoms with van der Waals surface area (Å²) in [5, 5.41) is 15.5. The maximum absolute atomic E-state index is 13.4. The van der Waals surface area contributed by atoms with E-state index in [-0.39, 0.29) is 17.2 Å².